The average Bonchev–Trinajstić information content (AvgIpc) is 2.68. The van der Waals surface area contributed by atoms with Gasteiger partial charge in [0.05, 0.1) is 6.07 Å². The first-order chi connectivity index (χ1) is 13.7. The molecule has 3 nitrogen and oxygen atoms in total. The van der Waals surface area contributed by atoms with E-state index in [0.717, 1.165) is 19.5 Å². The van der Waals surface area contributed by atoms with Crippen LogP contribution in [-0.2, 0) is 17.5 Å². The van der Waals surface area contributed by atoms with Gasteiger partial charge in [-0.05, 0) is 35.7 Å². The van der Waals surface area contributed by atoms with Crippen molar-refractivity contribution >= 4 is 8.32 Å². The van der Waals surface area contributed by atoms with Gasteiger partial charge < -0.3 is 4.43 Å². The van der Waals surface area contributed by atoms with Gasteiger partial charge >= 0.3 is 0 Å². The van der Waals surface area contributed by atoms with Crippen molar-refractivity contribution in [1.29, 1.82) is 5.26 Å². The molecule has 0 N–H and O–H groups in total. The zero-order valence-electron chi connectivity index (χ0n) is 18.7. The van der Waals surface area contributed by atoms with Crippen molar-refractivity contribution in [2.45, 2.75) is 70.9 Å². The summed E-state index contributed by atoms with van der Waals surface area (Å²) in [6, 6.07) is 23.7. The van der Waals surface area contributed by atoms with Crippen LogP contribution in [0.15, 0.2) is 60.7 Å². The Morgan fingerprint density at radius 2 is 1.41 bits per heavy atom. The largest absolute Gasteiger partial charge is 0.415 e. The van der Waals surface area contributed by atoms with E-state index in [1.54, 1.807) is 0 Å². The molecule has 0 radical (unpaired) electrons. The molecule has 0 saturated carbocycles. The lowest BCUT2D eigenvalue weighted by atomic mass is 10.1. The molecule has 0 aliphatic heterocycles. The summed E-state index contributed by atoms with van der Waals surface area (Å²) in [5.41, 5.74) is 2.58. The van der Waals surface area contributed by atoms with Crippen molar-refractivity contribution in [3.63, 3.8) is 0 Å². The maximum Gasteiger partial charge on any atom is 0.192 e. The molecule has 0 aliphatic carbocycles. The minimum Gasteiger partial charge on any atom is -0.415 e. The summed E-state index contributed by atoms with van der Waals surface area (Å²) >= 11 is 0. The van der Waals surface area contributed by atoms with Crippen molar-refractivity contribution in [2.75, 3.05) is 6.61 Å². The summed E-state index contributed by atoms with van der Waals surface area (Å²) in [5.74, 6) is 0. The van der Waals surface area contributed by atoms with Gasteiger partial charge in [-0.3, -0.25) is 4.90 Å². The summed E-state index contributed by atoms with van der Waals surface area (Å²) in [5, 5.41) is 9.41. The second kappa shape index (κ2) is 10.7. The van der Waals surface area contributed by atoms with E-state index < -0.39 is 8.32 Å². The standard InChI is InChI=1S/C25H36N2OSi/c1-25(2,3)29(4,5)28-21-24(17-12-18-26)27(19-22-13-8-6-9-14-22)20-23-15-10-7-11-16-23/h6-11,13-16,24H,12,17,19-21H2,1-5H3/t24-/m0/s1. The summed E-state index contributed by atoms with van der Waals surface area (Å²) in [6.45, 7) is 13.8. The molecule has 29 heavy (non-hydrogen) atoms. The van der Waals surface area contributed by atoms with Crippen LogP contribution in [0.1, 0.15) is 44.7 Å². The Morgan fingerprint density at radius 3 is 1.83 bits per heavy atom. The van der Waals surface area contributed by atoms with E-state index in [1.807, 2.05) is 0 Å². The molecule has 0 bridgehead atoms. The highest BCUT2D eigenvalue weighted by Gasteiger charge is 2.38. The van der Waals surface area contributed by atoms with Crippen molar-refractivity contribution in [2.24, 2.45) is 0 Å². The number of hydrogen-bond acceptors (Lipinski definition) is 3. The molecule has 0 aliphatic rings. The minimum atomic E-state index is -1.85. The van der Waals surface area contributed by atoms with Gasteiger partial charge in [0.1, 0.15) is 0 Å². The number of nitrogens with zero attached hydrogens (tertiary/aromatic N) is 2. The first kappa shape index (κ1) is 23.3. The first-order valence-corrected chi connectivity index (χ1v) is 13.5. The predicted octanol–water partition coefficient (Wildman–Crippen LogP) is 6.38. The SMILES string of the molecule is CC(C)(C)[Si](C)(C)OC[C@H](CCC#N)N(Cc1ccccc1)Cc1ccccc1. The Balaban J connectivity index is 2.23. The molecule has 2 aromatic rings. The lowest BCUT2D eigenvalue weighted by Crippen LogP contribution is -2.46. The minimum absolute atomic E-state index is 0.177. The van der Waals surface area contributed by atoms with Crippen LogP contribution < -0.4 is 0 Å². The van der Waals surface area contributed by atoms with Gasteiger partial charge in [0.15, 0.2) is 8.32 Å². The topological polar surface area (TPSA) is 36.3 Å². The van der Waals surface area contributed by atoms with E-state index in [9.17, 15) is 5.26 Å². The van der Waals surface area contributed by atoms with Gasteiger partial charge in [-0.25, -0.2) is 0 Å². The zero-order chi connectivity index (χ0) is 21.3. The van der Waals surface area contributed by atoms with Crippen LogP contribution in [-0.4, -0.2) is 25.9 Å². The molecular weight excluding hydrogens is 372 g/mol. The summed E-state index contributed by atoms with van der Waals surface area (Å²) < 4.78 is 6.60. The Bertz CT molecular complexity index is 721. The van der Waals surface area contributed by atoms with Gasteiger partial charge in [-0.2, -0.15) is 5.26 Å². The van der Waals surface area contributed by atoms with Gasteiger partial charge in [-0.1, -0.05) is 81.4 Å². The van der Waals surface area contributed by atoms with Gasteiger partial charge in [-0.15, -0.1) is 0 Å². The Kier molecular flexibility index (Phi) is 8.64. The van der Waals surface area contributed by atoms with Gasteiger partial charge in [0.2, 0.25) is 0 Å². The van der Waals surface area contributed by atoms with Crippen LogP contribution in [0.5, 0.6) is 0 Å². The average molecular weight is 409 g/mol. The fraction of sp³-hybridized carbons (Fsp3) is 0.480. The molecule has 0 saturated heterocycles. The summed E-state index contributed by atoms with van der Waals surface area (Å²) in [4.78, 5) is 2.48. The number of nitriles is 1. The molecular formula is C25H36N2OSi. The molecule has 0 unspecified atom stereocenters. The third kappa shape index (κ3) is 7.43. The van der Waals surface area contributed by atoms with Crippen LogP contribution in [0.4, 0.5) is 0 Å². The quantitative estimate of drug-likeness (QED) is 0.428. The van der Waals surface area contributed by atoms with Crippen molar-refractivity contribution in [3.05, 3.63) is 71.8 Å². The van der Waals surface area contributed by atoms with E-state index in [1.165, 1.54) is 11.1 Å². The fourth-order valence-corrected chi connectivity index (χ4v) is 4.12. The first-order valence-electron chi connectivity index (χ1n) is 10.6. The molecule has 0 amide bonds. The summed E-state index contributed by atoms with van der Waals surface area (Å²) in [7, 11) is -1.85. The molecule has 0 heterocycles. The van der Waals surface area contributed by atoms with Crippen LogP contribution in [0, 0.1) is 11.3 Å². The van der Waals surface area contributed by atoms with Gasteiger partial charge in [0.25, 0.3) is 0 Å². The maximum absolute atomic E-state index is 9.23. The number of hydrogen-bond donors (Lipinski definition) is 0. The maximum atomic E-state index is 9.23. The second-order valence-corrected chi connectivity index (χ2v) is 14.1. The van der Waals surface area contributed by atoms with Crippen molar-refractivity contribution in [3.8, 4) is 6.07 Å². The Morgan fingerprint density at radius 1 is 0.931 bits per heavy atom. The second-order valence-electron chi connectivity index (χ2n) is 9.30. The van der Waals surface area contributed by atoms with Gasteiger partial charge in [0, 0.05) is 32.2 Å². The van der Waals surface area contributed by atoms with E-state index in [-0.39, 0.29) is 11.1 Å². The van der Waals surface area contributed by atoms with Crippen molar-refractivity contribution in [1.82, 2.24) is 4.90 Å². The predicted molar refractivity (Wildman–Crippen MR) is 124 cm³/mol. The van der Waals surface area contributed by atoms with E-state index in [4.69, 9.17) is 4.43 Å². The molecule has 0 fully saturated rings. The zero-order valence-corrected chi connectivity index (χ0v) is 19.7. The van der Waals surface area contributed by atoms with Crippen LogP contribution in [0.2, 0.25) is 18.1 Å². The molecule has 2 rings (SSSR count). The van der Waals surface area contributed by atoms with Crippen LogP contribution >= 0.6 is 0 Å². The lowest BCUT2D eigenvalue weighted by molar-refractivity contribution is 0.108. The number of rotatable bonds is 10. The van der Waals surface area contributed by atoms with E-state index >= 15 is 0 Å². The third-order valence-corrected chi connectivity index (χ3v) is 10.5. The third-order valence-electron chi connectivity index (χ3n) is 6.01. The molecule has 1 atom stereocenters. The molecule has 0 aromatic heterocycles. The van der Waals surface area contributed by atoms with E-state index in [2.05, 4.69) is 105 Å². The number of benzene rings is 2. The fourth-order valence-electron chi connectivity index (χ4n) is 3.07. The Hall–Kier alpha value is -1.93. The van der Waals surface area contributed by atoms with Crippen LogP contribution in [0.3, 0.4) is 0 Å². The Labute approximate surface area is 178 Å². The smallest absolute Gasteiger partial charge is 0.192 e. The van der Waals surface area contributed by atoms with Crippen LogP contribution in [0.25, 0.3) is 0 Å². The summed E-state index contributed by atoms with van der Waals surface area (Å²) in [6.07, 6.45) is 1.37. The van der Waals surface area contributed by atoms with E-state index in [0.29, 0.717) is 13.0 Å². The normalized spacial score (nSPS) is 13.3. The monoisotopic (exact) mass is 408 g/mol. The molecule has 4 heteroatoms. The lowest BCUT2D eigenvalue weighted by Gasteiger charge is -2.39. The highest BCUT2D eigenvalue weighted by atomic mass is 28.4. The highest BCUT2D eigenvalue weighted by Crippen LogP contribution is 2.37. The molecule has 0 spiro atoms. The highest BCUT2D eigenvalue weighted by molar-refractivity contribution is 6.74. The molecule has 156 valence electrons. The van der Waals surface area contributed by atoms with Crippen molar-refractivity contribution < 1.29 is 4.43 Å². The molecule has 2 aromatic carbocycles.